The molecule has 2 aliphatic heterocycles. The molecule has 0 bridgehead atoms. The van der Waals surface area contributed by atoms with E-state index in [9.17, 15) is 28.8 Å². The minimum atomic E-state index is -0.600. The summed E-state index contributed by atoms with van der Waals surface area (Å²) in [6.45, 7) is 5.63. The monoisotopic (exact) mass is 1180 g/mol. The highest BCUT2D eigenvalue weighted by molar-refractivity contribution is 5.97. The van der Waals surface area contributed by atoms with Gasteiger partial charge >= 0.3 is 0 Å². The van der Waals surface area contributed by atoms with Gasteiger partial charge in [0.1, 0.15) is 23.7 Å². The van der Waals surface area contributed by atoms with Crippen LogP contribution in [0.25, 0.3) is 22.3 Å². The summed E-state index contributed by atoms with van der Waals surface area (Å²) in [6.07, 6.45) is 30.0. The van der Waals surface area contributed by atoms with Gasteiger partial charge in [-0.3, -0.25) is 38.7 Å². The van der Waals surface area contributed by atoms with E-state index in [1.54, 1.807) is 77.0 Å². The molecule has 18 heteroatoms. The fourth-order valence-electron chi connectivity index (χ4n) is 13.2. The summed E-state index contributed by atoms with van der Waals surface area (Å²) in [6, 6.07) is 10.5. The van der Waals surface area contributed by atoms with Crippen LogP contribution in [0.2, 0.25) is 0 Å². The number of amides is 6. The van der Waals surface area contributed by atoms with E-state index in [4.69, 9.17) is 0 Å². The molecule has 16 nitrogen and oxygen atoms in total. The van der Waals surface area contributed by atoms with Crippen LogP contribution in [0.4, 0.5) is 8.78 Å². The first kappa shape index (κ1) is 65.3. The predicted octanol–water partition coefficient (Wildman–Crippen LogP) is 10.8. The van der Waals surface area contributed by atoms with E-state index in [0.29, 0.717) is 37.3 Å². The lowest BCUT2D eigenvalue weighted by Crippen LogP contribution is -2.55. The average Bonchev–Trinajstić information content (AvgIpc) is 2.35. The molecule has 4 heterocycles. The third kappa shape index (κ3) is 17.5. The number of nitrogens with one attached hydrogen (secondary N) is 6. The van der Waals surface area contributed by atoms with Crippen LogP contribution >= 0.6 is 0 Å². The van der Waals surface area contributed by atoms with Gasteiger partial charge in [0.25, 0.3) is 11.8 Å². The first-order valence-corrected chi connectivity index (χ1v) is 32.4. The Labute approximate surface area is 508 Å². The number of benzene rings is 2. The molecule has 4 aromatic rings. The van der Waals surface area contributed by atoms with Gasteiger partial charge in [0.2, 0.25) is 23.6 Å². The Bertz CT molecular complexity index is 2720. The molecule has 2 aliphatic carbocycles. The van der Waals surface area contributed by atoms with Crippen LogP contribution in [0.1, 0.15) is 212 Å². The summed E-state index contributed by atoms with van der Waals surface area (Å²) in [5.74, 6) is -2.45. The van der Waals surface area contributed by atoms with Crippen molar-refractivity contribution in [3.63, 3.8) is 0 Å². The van der Waals surface area contributed by atoms with Crippen molar-refractivity contribution >= 4 is 35.4 Å². The SMILES string of the molecule is CN[C@@H](C)C(=O)N[C@H](C(=O)N1CCC[C@H]1c1cncc(-c2ccc(F)c(C(=O)NCCCCCCCCCCCCNC(=O)c3cc(-c4cncc([C@@H]5CCCN5C(=O)[C@@H](NC(=O)[C@H](C)NC)C5CCCCC5)c4)ccc3F)c2)c1)C1CCCCC1. The van der Waals surface area contributed by atoms with Gasteiger partial charge in [0, 0.05) is 62.1 Å². The summed E-state index contributed by atoms with van der Waals surface area (Å²) >= 11 is 0. The predicted molar refractivity (Wildman–Crippen MR) is 332 cm³/mol. The topological polar surface area (TPSA) is 207 Å². The van der Waals surface area contributed by atoms with Crippen LogP contribution in [0.3, 0.4) is 0 Å². The highest BCUT2D eigenvalue weighted by Crippen LogP contribution is 2.39. The number of carbonyl (C=O) groups excluding carboxylic acids is 6. The second-order valence-electron chi connectivity index (χ2n) is 24.6. The van der Waals surface area contributed by atoms with Gasteiger partial charge in [0.15, 0.2) is 0 Å². The molecule has 8 rings (SSSR count). The molecule has 6 amide bonds. The summed E-state index contributed by atoms with van der Waals surface area (Å²) in [5.41, 5.74) is 4.42. The zero-order valence-electron chi connectivity index (χ0n) is 51.3. The average molecular weight is 1190 g/mol. The number of pyridine rings is 2. The molecule has 2 aromatic carbocycles. The number of hydrogen-bond donors (Lipinski definition) is 6. The van der Waals surface area contributed by atoms with E-state index < -0.39 is 47.6 Å². The van der Waals surface area contributed by atoms with E-state index in [1.165, 1.54) is 12.1 Å². The fraction of sp³-hybridized carbons (Fsp3) is 0.588. The first-order chi connectivity index (χ1) is 41.8. The second-order valence-corrected chi connectivity index (χ2v) is 24.6. The van der Waals surface area contributed by atoms with Crippen molar-refractivity contribution in [2.45, 2.75) is 204 Å². The van der Waals surface area contributed by atoms with Gasteiger partial charge in [-0.1, -0.05) is 102 Å². The lowest BCUT2D eigenvalue weighted by atomic mass is 9.83. The van der Waals surface area contributed by atoms with Crippen LogP contribution < -0.4 is 31.9 Å². The molecule has 0 spiro atoms. The van der Waals surface area contributed by atoms with Crippen molar-refractivity contribution in [2.24, 2.45) is 11.8 Å². The maximum atomic E-state index is 15.2. The Morgan fingerprint density at radius 2 is 0.849 bits per heavy atom. The molecule has 6 N–H and O–H groups in total. The second kappa shape index (κ2) is 32.9. The number of nitrogens with zero attached hydrogens (tertiary/aromatic N) is 4. The Kier molecular flexibility index (Phi) is 25.0. The molecule has 2 aromatic heterocycles. The Hall–Kier alpha value is -6.66. The van der Waals surface area contributed by atoms with Crippen molar-refractivity contribution in [2.75, 3.05) is 40.3 Å². The number of hydrogen-bond acceptors (Lipinski definition) is 10. The number of aromatic nitrogens is 2. The molecule has 86 heavy (non-hydrogen) atoms. The van der Waals surface area contributed by atoms with Gasteiger partial charge in [-0.05, 0) is 163 Å². The smallest absolute Gasteiger partial charge is 0.254 e. The van der Waals surface area contributed by atoms with Gasteiger partial charge in [0.05, 0.1) is 35.3 Å². The van der Waals surface area contributed by atoms with Gasteiger partial charge in [-0.15, -0.1) is 0 Å². The maximum Gasteiger partial charge on any atom is 0.254 e. The fourth-order valence-corrected chi connectivity index (χ4v) is 13.2. The largest absolute Gasteiger partial charge is 0.352 e. The lowest BCUT2D eigenvalue weighted by molar-refractivity contribution is -0.139. The normalized spacial score (nSPS) is 18.9. The van der Waals surface area contributed by atoms with E-state index in [2.05, 4.69) is 41.9 Å². The quantitative estimate of drug-likeness (QED) is 0.0284. The van der Waals surface area contributed by atoms with E-state index >= 15 is 8.78 Å². The third-order valence-electron chi connectivity index (χ3n) is 18.6. The van der Waals surface area contributed by atoms with Crippen LogP contribution in [0, 0.1) is 23.5 Å². The minimum absolute atomic E-state index is 0.0305. The number of unbranched alkanes of at least 4 members (excludes halogenated alkanes) is 9. The van der Waals surface area contributed by atoms with E-state index in [-0.39, 0.29) is 58.7 Å². The number of likely N-dealkylation sites (N-methyl/N-ethyl adjacent to an activating group) is 2. The maximum absolute atomic E-state index is 15.2. The molecular weight excluding hydrogens is 1090 g/mol. The number of likely N-dealkylation sites (tertiary alicyclic amines) is 2. The van der Waals surface area contributed by atoms with Gasteiger partial charge < -0.3 is 41.7 Å². The van der Waals surface area contributed by atoms with Crippen molar-refractivity contribution in [3.8, 4) is 22.3 Å². The van der Waals surface area contributed by atoms with Crippen LogP contribution in [0.5, 0.6) is 0 Å². The summed E-state index contributed by atoms with van der Waals surface area (Å²) in [5, 5.41) is 18.0. The van der Waals surface area contributed by atoms with Crippen molar-refractivity contribution < 1.29 is 37.5 Å². The number of carbonyl (C=O) groups is 6. The molecular formula is C68H94F2N10O6. The minimum Gasteiger partial charge on any atom is -0.352 e. The van der Waals surface area contributed by atoms with Crippen molar-refractivity contribution in [3.05, 3.63) is 107 Å². The van der Waals surface area contributed by atoms with Gasteiger partial charge in [-0.2, -0.15) is 0 Å². The van der Waals surface area contributed by atoms with E-state index in [0.717, 1.165) is 176 Å². The van der Waals surface area contributed by atoms with Crippen LogP contribution in [-0.4, -0.2) is 120 Å². The first-order valence-electron chi connectivity index (χ1n) is 32.4. The highest BCUT2D eigenvalue weighted by atomic mass is 19.1. The molecule has 0 unspecified atom stereocenters. The van der Waals surface area contributed by atoms with Crippen molar-refractivity contribution in [1.82, 2.24) is 51.7 Å². The van der Waals surface area contributed by atoms with E-state index in [1.807, 2.05) is 21.9 Å². The van der Waals surface area contributed by atoms with Gasteiger partial charge in [-0.25, -0.2) is 8.78 Å². The highest BCUT2D eigenvalue weighted by Gasteiger charge is 2.41. The number of rotatable bonds is 29. The molecule has 6 atom stereocenters. The number of halogens is 2. The summed E-state index contributed by atoms with van der Waals surface area (Å²) < 4.78 is 30.4. The van der Waals surface area contributed by atoms with Crippen LogP contribution in [-0.2, 0) is 19.2 Å². The summed E-state index contributed by atoms with van der Waals surface area (Å²) in [4.78, 5) is 94.3. The van der Waals surface area contributed by atoms with Crippen LogP contribution in [0.15, 0.2) is 73.3 Å². The standard InChI is InChI=1S/C68H94F2N10O6/c1-45(71-3)63(81)77-61(47-23-15-13-16-24-47)67(85)79-35-21-27-59(79)53-37-51(41-73-43-53)49-29-31-57(69)55(39-49)65(83)75-33-19-11-9-7-5-6-8-10-12-20-34-76-66(84)56-40-50(30-32-58(56)70)52-38-54(44-74-42-52)60-28-22-36-80(60)68(86)62(48-25-17-14-18-26-48)78-64(82)46(2)72-4/h29-32,37-48,59-62,71-72H,5-28,33-36H2,1-4H3,(H,75,83)(H,76,84)(H,77,81)(H,78,82)/t45-,46-,59-,60-,61-,62-/m0/s1. The zero-order chi connectivity index (χ0) is 61.0. The molecule has 0 radical (unpaired) electrons. The molecule has 4 aliphatic rings. The zero-order valence-corrected chi connectivity index (χ0v) is 51.3. The summed E-state index contributed by atoms with van der Waals surface area (Å²) in [7, 11) is 3.47. The Morgan fingerprint density at radius 3 is 1.22 bits per heavy atom. The Balaban J connectivity index is 0.716. The molecule has 466 valence electrons. The van der Waals surface area contributed by atoms with Crippen molar-refractivity contribution in [1.29, 1.82) is 0 Å². The lowest BCUT2D eigenvalue weighted by Gasteiger charge is -2.35. The molecule has 2 saturated heterocycles. The molecule has 2 saturated carbocycles. The molecule has 4 fully saturated rings. The Morgan fingerprint density at radius 1 is 0.477 bits per heavy atom. The third-order valence-corrected chi connectivity index (χ3v) is 18.6.